The normalized spacial score (nSPS) is 15.7. The number of nitrogens with zero attached hydrogens (tertiary/aromatic N) is 1. The van der Waals surface area contributed by atoms with E-state index in [4.69, 9.17) is 9.47 Å². The van der Waals surface area contributed by atoms with Gasteiger partial charge in [0, 0.05) is 29.4 Å². The van der Waals surface area contributed by atoms with Crippen LogP contribution in [0.2, 0.25) is 0 Å². The van der Waals surface area contributed by atoms with Gasteiger partial charge in [0.1, 0.15) is 0 Å². The zero-order valence-electron chi connectivity index (χ0n) is 13.1. The molecule has 5 heteroatoms. The molecular formula is C18H18N2O2S. The van der Waals surface area contributed by atoms with Crippen LogP contribution in [0.15, 0.2) is 42.7 Å². The molecule has 0 bridgehead atoms. The number of hydrogen-bond acceptors (Lipinski definition) is 5. The van der Waals surface area contributed by atoms with Gasteiger partial charge in [-0.3, -0.25) is 4.98 Å². The maximum absolute atomic E-state index is 5.46. The number of benzene rings is 1. The number of hydrogen-bond donors (Lipinski definition) is 1. The van der Waals surface area contributed by atoms with Crippen LogP contribution in [-0.4, -0.2) is 11.8 Å². The molecular weight excluding hydrogens is 308 g/mol. The molecule has 3 heterocycles. The molecule has 2 unspecified atom stereocenters. The highest BCUT2D eigenvalue weighted by Crippen LogP contribution is 2.35. The van der Waals surface area contributed by atoms with Gasteiger partial charge in [0.25, 0.3) is 0 Å². The lowest BCUT2D eigenvalue weighted by Crippen LogP contribution is -2.21. The molecule has 1 aromatic carbocycles. The molecule has 118 valence electrons. The first-order valence-corrected chi connectivity index (χ1v) is 8.51. The van der Waals surface area contributed by atoms with Gasteiger partial charge in [-0.2, -0.15) is 0 Å². The lowest BCUT2D eigenvalue weighted by molar-refractivity contribution is 0.174. The Balaban J connectivity index is 1.52. The van der Waals surface area contributed by atoms with Crippen LogP contribution in [-0.2, 0) is 0 Å². The molecule has 3 aromatic rings. The summed E-state index contributed by atoms with van der Waals surface area (Å²) in [4.78, 5) is 5.51. The Morgan fingerprint density at radius 3 is 2.83 bits per heavy atom. The second kappa shape index (κ2) is 5.83. The van der Waals surface area contributed by atoms with E-state index in [9.17, 15) is 0 Å². The third-order valence-corrected chi connectivity index (χ3v) is 5.43. The standard InChI is InChI=1S/C18H18N2O2S/c1-11(13-3-4-15-16(7-13)22-10-21-15)20-12(2)17-8-14-5-6-19-9-18(14)23-17/h3-9,11-12,20H,10H2,1-2H3. The van der Waals surface area contributed by atoms with Crippen molar-refractivity contribution in [2.45, 2.75) is 25.9 Å². The maximum atomic E-state index is 5.46. The van der Waals surface area contributed by atoms with Gasteiger partial charge in [-0.25, -0.2) is 0 Å². The molecule has 0 aliphatic carbocycles. The zero-order chi connectivity index (χ0) is 15.8. The highest BCUT2D eigenvalue weighted by atomic mass is 32.1. The van der Waals surface area contributed by atoms with Gasteiger partial charge in [-0.15, -0.1) is 11.3 Å². The zero-order valence-corrected chi connectivity index (χ0v) is 13.9. The molecule has 2 atom stereocenters. The molecule has 0 saturated carbocycles. The average Bonchev–Trinajstić information content (AvgIpc) is 3.20. The Hall–Kier alpha value is -2.11. The Labute approximate surface area is 139 Å². The van der Waals surface area contributed by atoms with Gasteiger partial charge in [-0.1, -0.05) is 6.07 Å². The SMILES string of the molecule is CC(NC(C)c1cc2ccncc2s1)c1ccc2c(c1)OCO2. The lowest BCUT2D eigenvalue weighted by atomic mass is 10.1. The summed E-state index contributed by atoms with van der Waals surface area (Å²) in [7, 11) is 0. The van der Waals surface area contributed by atoms with Crippen LogP contribution in [0.25, 0.3) is 10.1 Å². The van der Waals surface area contributed by atoms with Crippen LogP contribution < -0.4 is 14.8 Å². The Morgan fingerprint density at radius 2 is 1.96 bits per heavy atom. The first-order valence-electron chi connectivity index (χ1n) is 7.70. The summed E-state index contributed by atoms with van der Waals surface area (Å²) in [5.74, 6) is 1.66. The van der Waals surface area contributed by atoms with Gasteiger partial charge in [-0.05, 0) is 49.1 Å². The molecule has 0 saturated heterocycles. The predicted octanol–water partition coefficient (Wildman–Crippen LogP) is 4.44. The fourth-order valence-corrected chi connectivity index (χ4v) is 3.90. The number of rotatable bonds is 4. The van der Waals surface area contributed by atoms with Gasteiger partial charge in [0.15, 0.2) is 11.5 Å². The summed E-state index contributed by atoms with van der Waals surface area (Å²) in [5.41, 5.74) is 1.20. The monoisotopic (exact) mass is 326 g/mol. The number of pyridine rings is 1. The summed E-state index contributed by atoms with van der Waals surface area (Å²) in [6.45, 7) is 4.68. The number of aromatic nitrogens is 1. The minimum Gasteiger partial charge on any atom is -0.454 e. The molecule has 2 aromatic heterocycles. The molecule has 1 aliphatic rings. The molecule has 23 heavy (non-hydrogen) atoms. The van der Waals surface area contributed by atoms with E-state index < -0.39 is 0 Å². The van der Waals surface area contributed by atoms with Crippen molar-refractivity contribution in [2.75, 3.05) is 6.79 Å². The maximum Gasteiger partial charge on any atom is 0.231 e. The molecule has 0 amide bonds. The van der Waals surface area contributed by atoms with E-state index in [1.165, 1.54) is 20.5 Å². The van der Waals surface area contributed by atoms with Crippen molar-refractivity contribution in [3.63, 3.8) is 0 Å². The van der Waals surface area contributed by atoms with E-state index in [0.29, 0.717) is 6.79 Å². The largest absolute Gasteiger partial charge is 0.454 e. The second-order valence-corrected chi connectivity index (χ2v) is 6.90. The van der Waals surface area contributed by atoms with Crippen LogP contribution in [0.5, 0.6) is 11.5 Å². The van der Waals surface area contributed by atoms with Crippen molar-refractivity contribution in [1.82, 2.24) is 10.3 Å². The van der Waals surface area contributed by atoms with Crippen LogP contribution in [0, 0.1) is 0 Å². The molecule has 0 spiro atoms. The smallest absolute Gasteiger partial charge is 0.231 e. The predicted molar refractivity (Wildman–Crippen MR) is 92.2 cm³/mol. The van der Waals surface area contributed by atoms with E-state index in [2.05, 4.69) is 48.4 Å². The molecule has 4 nitrogen and oxygen atoms in total. The van der Waals surface area contributed by atoms with Crippen molar-refractivity contribution in [3.8, 4) is 11.5 Å². The van der Waals surface area contributed by atoms with E-state index >= 15 is 0 Å². The topological polar surface area (TPSA) is 43.4 Å². The number of fused-ring (bicyclic) bond motifs is 2. The number of ether oxygens (including phenoxy) is 2. The van der Waals surface area contributed by atoms with Gasteiger partial charge in [0.05, 0.1) is 4.70 Å². The van der Waals surface area contributed by atoms with E-state index in [1.807, 2.05) is 18.5 Å². The van der Waals surface area contributed by atoms with E-state index in [-0.39, 0.29) is 12.1 Å². The Morgan fingerprint density at radius 1 is 1.09 bits per heavy atom. The summed E-state index contributed by atoms with van der Waals surface area (Å²) in [6.07, 6.45) is 3.77. The van der Waals surface area contributed by atoms with Crippen molar-refractivity contribution < 1.29 is 9.47 Å². The molecule has 0 radical (unpaired) electrons. The van der Waals surface area contributed by atoms with Crippen LogP contribution in [0.4, 0.5) is 0 Å². The quantitative estimate of drug-likeness (QED) is 0.770. The fraction of sp³-hybridized carbons (Fsp3) is 0.278. The van der Waals surface area contributed by atoms with Crippen molar-refractivity contribution in [3.05, 3.63) is 53.2 Å². The van der Waals surface area contributed by atoms with Gasteiger partial charge < -0.3 is 14.8 Å². The van der Waals surface area contributed by atoms with E-state index in [0.717, 1.165) is 11.5 Å². The van der Waals surface area contributed by atoms with Crippen LogP contribution in [0.3, 0.4) is 0 Å². The molecule has 4 rings (SSSR count). The van der Waals surface area contributed by atoms with Crippen molar-refractivity contribution in [1.29, 1.82) is 0 Å². The third-order valence-electron chi connectivity index (χ3n) is 4.17. The first-order chi connectivity index (χ1) is 11.2. The van der Waals surface area contributed by atoms with Crippen molar-refractivity contribution >= 4 is 21.4 Å². The summed E-state index contributed by atoms with van der Waals surface area (Å²) >= 11 is 1.79. The summed E-state index contributed by atoms with van der Waals surface area (Å²) < 4.78 is 12.1. The fourth-order valence-electron chi connectivity index (χ4n) is 2.85. The first kappa shape index (κ1) is 14.5. The minimum absolute atomic E-state index is 0.225. The molecule has 1 aliphatic heterocycles. The highest BCUT2D eigenvalue weighted by molar-refractivity contribution is 7.19. The number of nitrogens with one attached hydrogen (secondary N) is 1. The number of thiophene rings is 1. The minimum atomic E-state index is 0.225. The van der Waals surface area contributed by atoms with Crippen molar-refractivity contribution in [2.24, 2.45) is 0 Å². The molecule has 0 fully saturated rings. The highest BCUT2D eigenvalue weighted by Gasteiger charge is 2.18. The average molecular weight is 326 g/mol. The molecule has 1 N–H and O–H groups in total. The Bertz CT molecular complexity index is 813. The third kappa shape index (κ3) is 2.78. The van der Waals surface area contributed by atoms with Gasteiger partial charge in [0.2, 0.25) is 6.79 Å². The lowest BCUT2D eigenvalue weighted by Gasteiger charge is -2.19. The van der Waals surface area contributed by atoms with Crippen LogP contribution in [0.1, 0.15) is 36.4 Å². The van der Waals surface area contributed by atoms with Gasteiger partial charge >= 0.3 is 0 Å². The van der Waals surface area contributed by atoms with Crippen LogP contribution >= 0.6 is 11.3 Å². The summed E-state index contributed by atoms with van der Waals surface area (Å²) in [5, 5.41) is 4.91. The second-order valence-electron chi connectivity index (χ2n) is 5.79. The Kier molecular flexibility index (Phi) is 3.67. The van der Waals surface area contributed by atoms with E-state index in [1.54, 1.807) is 11.3 Å². The summed E-state index contributed by atoms with van der Waals surface area (Å²) in [6, 6.07) is 10.9.